The van der Waals surface area contributed by atoms with Gasteiger partial charge in [-0.05, 0) is 12.5 Å². The van der Waals surface area contributed by atoms with Gasteiger partial charge >= 0.3 is 0 Å². The number of hydrogen-bond acceptors (Lipinski definition) is 0. The summed E-state index contributed by atoms with van der Waals surface area (Å²) in [6.45, 7) is 5.09. The largest absolute Gasteiger partial charge is 0.270 e. The van der Waals surface area contributed by atoms with Crippen LogP contribution in [-0.4, -0.2) is 0 Å². The lowest BCUT2D eigenvalue weighted by molar-refractivity contribution is 0.421. The van der Waals surface area contributed by atoms with Gasteiger partial charge in [0.05, 0.1) is 0 Å². The van der Waals surface area contributed by atoms with E-state index in [1.807, 2.05) is 0 Å². The van der Waals surface area contributed by atoms with E-state index in [-0.39, 0.29) is 0 Å². The molecule has 0 saturated heterocycles. The zero-order chi connectivity index (χ0) is 7.28. The van der Waals surface area contributed by atoms with Crippen molar-refractivity contribution >= 4 is 0 Å². The summed E-state index contributed by atoms with van der Waals surface area (Å²) in [5, 5.41) is 0. The van der Waals surface area contributed by atoms with Crippen LogP contribution in [0.3, 0.4) is 0 Å². The summed E-state index contributed by atoms with van der Waals surface area (Å²) in [5.41, 5.74) is 0.317. The zero-order valence-electron chi connectivity index (χ0n) is 5.20. The van der Waals surface area contributed by atoms with E-state index in [0.717, 1.165) is 6.08 Å². The van der Waals surface area contributed by atoms with E-state index in [4.69, 9.17) is 0 Å². The molecule has 2 heteroatoms. The minimum Gasteiger partial charge on any atom is -0.173 e. The van der Waals surface area contributed by atoms with Crippen LogP contribution in [0.25, 0.3) is 0 Å². The summed E-state index contributed by atoms with van der Waals surface area (Å²) < 4.78 is 22.7. The molecule has 0 aromatic carbocycles. The minimum atomic E-state index is -1.71. The molecule has 0 saturated carbocycles. The molecule has 0 bridgehead atoms. The fraction of sp³-hybridized carbons (Fsp3) is 0.143. The molecular formula is C7H8F2. The van der Waals surface area contributed by atoms with Crippen LogP contribution in [0.2, 0.25) is 0 Å². The van der Waals surface area contributed by atoms with Gasteiger partial charge in [-0.2, -0.15) is 8.78 Å². The van der Waals surface area contributed by atoms with Crippen molar-refractivity contribution in [2.45, 2.75) is 6.92 Å². The monoisotopic (exact) mass is 130 g/mol. The quantitative estimate of drug-likeness (QED) is 0.504. The van der Waals surface area contributed by atoms with Crippen molar-refractivity contribution in [1.29, 1.82) is 0 Å². The molecule has 0 fully saturated rings. The third kappa shape index (κ3) is 4.94. The molecule has 0 nitrogen and oxygen atoms in total. The lowest BCUT2D eigenvalue weighted by Gasteiger charge is -1.83. The second kappa shape index (κ2) is 4.01. The zero-order valence-corrected chi connectivity index (χ0v) is 5.20. The van der Waals surface area contributed by atoms with E-state index in [2.05, 4.69) is 6.58 Å². The van der Waals surface area contributed by atoms with Crippen molar-refractivity contribution in [1.82, 2.24) is 0 Å². The van der Waals surface area contributed by atoms with Gasteiger partial charge in [0.15, 0.2) is 0 Å². The van der Waals surface area contributed by atoms with Crippen LogP contribution in [0.5, 0.6) is 0 Å². The first-order valence-electron chi connectivity index (χ1n) is 2.51. The molecule has 0 aliphatic rings. The van der Waals surface area contributed by atoms with Gasteiger partial charge < -0.3 is 0 Å². The maximum Gasteiger partial charge on any atom is 0.270 e. The van der Waals surface area contributed by atoms with Crippen LogP contribution < -0.4 is 0 Å². The van der Waals surface area contributed by atoms with Gasteiger partial charge in [0.25, 0.3) is 6.08 Å². The van der Waals surface area contributed by atoms with E-state index in [9.17, 15) is 8.78 Å². The van der Waals surface area contributed by atoms with Gasteiger partial charge in [0, 0.05) is 6.08 Å². The Labute approximate surface area is 53.2 Å². The Kier molecular flexibility index (Phi) is 3.60. The molecule has 0 aromatic rings. The van der Waals surface area contributed by atoms with Crippen LogP contribution in [-0.2, 0) is 0 Å². The fourth-order valence-corrected chi connectivity index (χ4v) is 0.402. The summed E-state index contributed by atoms with van der Waals surface area (Å²) in [7, 11) is 0. The molecule has 9 heavy (non-hydrogen) atoms. The molecule has 0 radical (unpaired) electrons. The van der Waals surface area contributed by atoms with Gasteiger partial charge in [-0.15, -0.1) is 0 Å². The van der Waals surface area contributed by atoms with E-state index >= 15 is 0 Å². The molecule has 0 rings (SSSR count). The van der Waals surface area contributed by atoms with Gasteiger partial charge in [0.2, 0.25) is 0 Å². The minimum absolute atomic E-state index is 0.317. The van der Waals surface area contributed by atoms with Crippen molar-refractivity contribution in [3.05, 3.63) is 36.5 Å². The summed E-state index contributed by atoms with van der Waals surface area (Å²) in [6.07, 6.45) is 2.18. The van der Waals surface area contributed by atoms with Crippen molar-refractivity contribution in [2.24, 2.45) is 0 Å². The van der Waals surface area contributed by atoms with Gasteiger partial charge in [-0.1, -0.05) is 18.7 Å². The number of allylic oxidation sites excluding steroid dienone is 4. The fourth-order valence-electron chi connectivity index (χ4n) is 0.402. The summed E-state index contributed by atoms with van der Waals surface area (Å²) >= 11 is 0. The number of hydrogen-bond donors (Lipinski definition) is 0. The Morgan fingerprint density at radius 1 is 1.44 bits per heavy atom. The molecule has 0 aliphatic heterocycles. The average molecular weight is 130 g/mol. The topological polar surface area (TPSA) is 0 Å². The summed E-state index contributed by atoms with van der Waals surface area (Å²) in [4.78, 5) is 0. The molecule has 0 aliphatic carbocycles. The highest BCUT2D eigenvalue weighted by molar-refractivity contribution is 5.26. The van der Waals surface area contributed by atoms with E-state index in [1.165, 1.54) is 6.08 Å². The van der Waals surface area contributed by atoms with Crippen molar-refractivity contribution in [3.8, 4) is 0 Å². The van der Waals surface area contributed by atoms with Gasteiger partial charge in [-0.3, -0.25) is 0 Å². The van der Waals surface area contributed by atoms with Crippen LogP contribution >= 0.6 is 0 Å². The lowest BCUT2D eigenvalue weighted by atomic mass is 10.3. The molecule has 0 aromatic heterocycles. The Balaban J connectivity index is 3.93. The third-order valence-corrected chi connectivity index (χ3v) is 0.675. The van der Waals surface area contributed by atoms with Crippen molar-refractivity contribution < 1.29 is 8.78 Å². The maximum absolute atomic E-state index is 11.4. The SMILES string of the molecule is C=C(C=C(F)F)/C=C\C. The standard InChI is InChI=1S/C7H8F2/c1-3-4-6(2)5-7(8)9/h3-5H,2H2,1H3/b4-3-. The first-order chi connectivity index (χ1) is 4.16. The molecular weight excluding hydrogens is 122 g/mol. The molecule has 0 amide bonds. The molecule has 0 N–H and O–H groups in total. The van der Waals surface area contributed by atoms with E-state index in [0.29, 0.717) is 5.57 Å². The van der Waals surface area contributed by atoms with Crippen LogP contribution in [0.4, 0.5) is 8.78 Å². The van der Waals surface area contributed by atoms with Gasteiger partial charge in [-0.25, -0.2) is 0 Å². The Morgan fingerprint density at radius 3 is 2.33 bits per heavy atom. The molecule has 0 spiro atoms. The van der Waals surface area contributed by atoms with Gasteiger partial charge in [0.1, 0.15) is 0 Å². The molecule has 0 atom stereocenters. The van der Waals surface area contributed by atoms with Crippen LogP contribution in [0.15, 0.2) is 36.5 Å². The summed E-state index contributed by atoms with van der Waals surface area (Å²) in [6, 6.07) is 0. The summed E-state index contributed by atoms with van der Waals surface area (Å²) in [5.74, 6) is 0. The number of halogens is 2. The Hall–Kier alpha value is -0.920. The Morgan fingerprint density at radius 2 is 2.00 bits per heavy atom. The smallest absolute Gasteiger partial charge is 0.173 e. The Bertz CT molecular complexity index is 150. The third-order valence-electron chi connectivity index (χ3n) is 0.675. The molecule has 50 valence electrons. The van der Waals surface area contributed by atoms with Crippen LogP contribution in [0, 0.1) is 0 Å². The second-order valence-corrected chi connectivity index (χ2v) is 1.51. The predicted octanol–water partition coefficient (Wildman–Crippen LogP) is 2.90. The maximum atomic E-state index is 11.4. The molecule has 0 unspecified atom stereocenters. The van der Waals surface area contributed by atoms with E-state index < -0.39 is 6.08 Å². The van der Waals surface area contributed by atoms with Crippen molar-refractivity contribution in [2.75, 3.05) is 0 Å². The normalized spacial score (nSPS) is 9.67. The highest BCUT2D eigenvalue weighted by Gasteiger charge is 1.86. The van der Waals surface area contributed by atoms with E-state index in [1.54, 1.807) is 13.0 Å². The van der Waals surface area contributed by atoms with Crippen molar-refractivity contribution in [3.63, 3.8) is 0 Å². The highest BCUT2D eigenvalue weighted by Crippen LogP contribution is 2.03. The predicted molar refractivity (Wildman–Crippen MR) is 34.3 cm³/mol. The first kappa shape index (κ1) is 8.08. The lowest BCUT2D eigenvalue weighted by Crippen LogP contribution is -1.65. The second-order valence-electron chi connectivity index (χ2n) is 1.51. The highest BCUT2D eigenvalue weighted by atomic mass is 19.3. The average Bonchev–Trinajstić information content (AvgIpc) is 1.63. The number of rotatable bonds is 2. The molecule has 0 heterocycles. The first-order valence-corrected chi connectivity index (χ1v) is 2.51. The van der Waals surface area contributed by atoms with Crippen LogP contribution in [0.1, 0.15) is 6.92 Å².